The molecular formula is C20H20N4O4. The van der Waals surface area contributed by atoms with Crippen molar-refractivity contribution in [2.24, 2.45) is 0 Å². The van der Waals surface area contributed by atoms with Crippen LogP contribution in [0, 0.1) is 0 Å². The average Bonchev–Trinajstić information content (AvgIpc) is 2.75. The number of rotatable bonds is 7. The first kappa shape index (κ1) is 19.0. The summed E-state index contributed by atoms with van der Waals surface area (Å²) < 4.78 is 15.7. The summed E-state index contributed by atoms with van der Waals surface area (Å²) in [7, 11) is 4.64. The summed E-state index contributed by atoms with van der Waals surface area (Å²) >= 11 is 0. The van der Waals surface area contributed by atoms with E-state index in [1.165, 1.54) is 14.2 Å². The predicted octanol–water partition coefficient (Wildman–Crippen LogP) is 3.50. The van der Waals surface area contributed by atoms with E-state index in [1.54, 1.807) is 37.4 Å². The number of aromatic nitrogens is 2. The fourth-order valence-electron chi connectivity index (χ4n) is 2.48. The monoisotopic (exact) mass is 380 g/mol. The van der Waals surface area contributed by atoms with Crippen molar-refractivity contribution in [1.29, 1.82) is 0 Å². The average molecular weight is 380 g/mol. The molecule has 0 aliphatic heterocycles. The van der Waals surface area contributed by atoms with E-state index in [9.17, 15) is 4.79 Å². The predicted molar refractivity (Wildman–Crippen MR) is 106 cm³/mol. The molecule has 0 saturated carbocycles. The highest BCUT2D eigenvalue weighted by Gasteiger charge is 2.11. The van der Waals surface area contributed by atoms with Gasteiger partial charge in [-0.15, -0.1) is 10.2 Å². The Hall–Kier alpha value is -3.81. The summed E-state index contributed by atoms with van der Waals surface area (Å²) in [5, 5.41) is 13.9. The molecule has 0 radical (unpaired) electrons. The van der Waals surface area contributed by atoms with Gasteiger partial charge in [0, 0.05) is 11.6 Å². The van der Waals surface area contributed by atoms with Gasteiger partial charge in [0.25, 0.3) is 5.91 Å². The molecule has 0 unspecified atom stereocenters. The minimum Gasteiger partial charge on any atom is -0.497 e. The molecular weight excluding hydrogens is 360 g/mol. The first-order chi connectivity index (χ1) is 13.6. The molecule has 0 spiro atoms. The Labute approximate surface area is 162 Å². The molecule has 0 aliphatic rings. The minimum atomic E-state index is -0.350. The maximum absolute atomic E-state index is 12.5. The molecule has 0 atom stereocenters. The molecule has 1 heterocycles. The quantitative estimate of drug-likeness (QED) is 0.648. The van der Waals surface area contributed by atoms with Crippen LogP contribution in [0.15, 0.2) is 54.6 Å². The van der Waals surface area contributed by atoms with E-state index in [-0.39, 0.29) is 5.91 Å². The van der Waals surface area contributed by atoms with Crippen molar-refractivity contribution in [3.05, 3.63) is 60.2 Å². The standard InChI is InChI=1S/C20H20N4O4/c1-26-14-10-13(11-15(12-14)27-2)20(25)22-19-9-8-18(23-24-19)21-16-6-4-5-7-17(16)28-3/h4-12H,1-3H3,(H,21,23)(H,22,24,25). The second kappa shape index (κ2) is 8.72. The molecule has 0 saturated heterocycles. The lowest BCUT2D eigenvalue weighted by atomic mass is 10.2. The summed E-state index contributed by atoms with van der Waals surface area (Å²) in [4.78, 5) is 12.5. The SMILES string of the molecule is COc1cc(OC)cc(C(=O)Nc2ccc(Nc3ccccc3OC)nn2)c1. The van der Waals surface area contributed by atoms with Crippen LogP contribution in [0.5, 0.6) is 17.2 Å². The lowest BCUT2D eigenvalue weighted by molar-refractivity contribution is 0.102. The van der Waals surface area contributed by atoms with Gasteiger partial charge in [-0.2, -0.15) is 0 Å². The van der Waals surface area contributed by atoms with Crippen molar-refractivity contribution >= 4 is 23.2 Å². The normalized spacial score (nSPS) is 10.1. The second-order valence-electron chi connectivity index (χ2n) is 5.68. The van der Waals surface area contributed by atoms with Gasteiger partial charge in [0.05, 0.1) is 27.0 Å². The lowest BCUT2D eigenvalue weighted by Crippen LogP contribution is -2.14. The minimum absolute atomic E-state index is 0.317. The molecule has 3 rings (SSSR count). The molecule has 0 bridgehead atoms. The molecule has 8 heteroatoms. The highest BCUT2D eigenvalue weighted by molar-refractivity contribution is 6.04. The number of para-hydroxylation sites is 2. The number of nitrogens with one attached hydrogen (secondary N) is 2. The van der Waals surface area contributed by atoms with Crippen LogP contribution in [0.2, 0.25) is 0 Å². The van der Waals surface area contributed by atoms with Gasteiger partial charge >= 0.3 is 0 Å². The van der Waals surface area contributed by atoms with Gasteiger partial charge in [0.1, 0.15) is 17.2 Å². The fourth-order valence-corrected chi connectivity index (χ4v) is 2.48. The highest BCUT2D eigenvalue weighted by Crippen LogP contribution is 2.26. The number of carbonyl (C=O) groups is 1. The number of benzene rings is 2. The van der Waals surface area contributed by atoms with E-state index >= 15 is 0 Å². The molecule has 2 N–H and O–H groups in total. The Kier molecular flexibility index (Phi) is 5.91. The van der Waals surface area contributed by atoms with E-state index in [0.29, 0.717) is 34.4 Å². The number of hydrogen-bond acceptors (Lipinski definition) is 7. The van der Waals surface area contributed by atoms with Crippen molar-refractivity contribution in [3.63, 3.8) is 0 Å². The molecule has 2 aromatic carbocycles. The van der Waals surface area contributed by atoms with Gasteiger partial charge in [-0.25, -0.2) is 0 Å². The van der Waals surface area contributed by atoms with E-state index in [1.807, 2.05) is 24.3 Å². The number of amides is 1. The maximum atomic E-state index is 12.5. The first-order valence-electron chi connectivity index (χ1n) is 8.41. The van der Waals surface area contributed by atoms with Gasteiger partial charge in [0.15, 0.2) is 11.6 Å². The first-order valence-corrected chi connectivity index (χ1v) is 8.41. The highest BCUT2D eigenvalue weighted by atomic mass is 16.5. The van der Waals surface area contributed by atoms with Crippen LogP contribution in [0.4, 0.5) is 17.3 Å². The number of anilines is 3. The van der Waals surface area contributed by atoms with Gasteiger partial charge in [0.2, 0.25) is 0 Å². The molecule has 1 amide bonds. The Balaban J connectivity index is 1.71. The number of carbonyl (C=O) groups excluding carboxylic acids is 1. The van der Waals surface area contributed by atoms with Crippen molar-refractivity contribution < 1.29 is 19.0 Å². The van der Waals surface area contributed by atoms with Crippen molar-refractivity contribution in [2.75, 3.05) is 32.0 Å². The molecule has 8 nitrogen and oxygen atoms in total. The molecule has 28 heavy (non-hydrogen) atoms. The largest absolute Gasteiger partial charge is 0.497 e. The van der Waals surface area contributed by atoms with Crippen LogP contribution in [0.3, 0.4) is 0 Å². The summed E-state index contributed by atoms with van der Waals surface area (Å²) in [6.07, 6.45) is 0. The molecule has 3 aromatic rings. The van der Waals surface area contributed by atoms with Crippen LogP contribution in [0.1, 0.15) is 10.4 Å². The zero-order valence-corrected chi connectivity index (χ0v) is 15.7. The lowest BCUT2D eigenvalue weighted by Gasteiger charge is -2.11. The van der Waals surface area contributed by atoms with Crippen LogP contribution < -0.4 is 24.8 Å². The van der Waals surface area contributed by atoms with Gasteiger partial charge < -0.3 is 24.8 Å². The van der Waals surface area contributed by atoms with E-state index in [0.717, 1.165) is 5.69 Å². The van der Waals surface area contributed by atoms with Crippen molar-refractivity contribution in [1.82, 2.24) is 10.2 Å². The number of nitrogens with zero attached hydrogens (tertiary/aromatic N) is 2. The van der Waals surface area contributed by atoms with Gasteiger partial charge in [-0.1, -0.05) is 12.1 Å². The van der Waals surface area contributed by atoms with Crippen LogP contribution in [0.25, 0.3) is 0 Å². The van der Waals surface area contributed by atoms with Gasteiger partial charge in [-0.3, -0.25) is 4.79 Å². The third kappa shape index (κ3) is 4.47. The number of hydrogen-bond donors (Lipinski definition) is 2. The topological polar surface area (TPSA) is 94.6 Å². The summed E-state index contributed by atoms with van der Waals surface area (Å²) in [6, 6.07) is 15.7. The molecule has 0 fully saturated rings. The third-order valence-electron chi connectivity index (χ3n) is 3.89. The van der Waals surface area contributed by atoms with E-state index in [4.69, 9.17) is 14.2 Å². The van der Waals surface area contributed by atoms with Crippen LogP contribution in [-0.2, 0) is 0 Å². The Morgan fingerprint density at radius 2 is 1.46 bits per heavy atom. The van der Waals surface area contributed by atoms with E-state index in [2.05, 4.69) is 20.8 Å². The van der Waals surface area contributed by atoms with Crippen LogP contribution in [-0.4, -0.2) is 37.4 Å². The third-order valence-corrected chi connectivity index (χ3v) is 3.89. The van der Waals surface area contributed by atoms with Crippen molar-refractivity contribution in [2.45, 2.75) is 0 Å². The summed E-state index contributed by atoms with van der Waals surface area (Å²) in [6.45, 7) is 0. The number of methoxy groups -OCH3 is 3. The molecule has 0 aliphatic carbocycles. The zero-order chi connectivity index (χ0) is 19.9. The Bertz CT molecular complexity index is 938. The van der Waals surface area contributed by atoms with Crippen LogP contribution >= 0.6 is 0 Å². The number of ether oxygens (including phenoxy) is 3. The molecule has 144 valence electrons. The fraction of sp³-hybridized carbons (Fsp3) is 0.150. The zero-order valence-electron chi connectivity index (χ0n) is 15.7. The second-order valence-corrected chi connectivity index (χ2v) is 5.68. The molecule has 1 aromatic heterocycles. The maximum Gasteiger partial charge on any atom is 0.257 e. The smallest absolute Gasteiger partial charge is 0.257 e. The van der Waals surface area contributed by atoms with Gasteiger partial charge in [-0.05, 0) is 36.4 Å². The van der Waals surface area contributed by atoms with Crippen molar-refractivity contribution in [3.8, 4) is 17.2 Å². The Morgan fingerprint density at radius 1 is 0.821 bits per heavy atom. The summed E-state index contributed by atoms with van der Waals surface area (Å²) in [5.41, 5.74) is 1.15. The van der Waals surface area contributed by atoms with E-state index < -0.39 is 0 Å². The Morgan fingerprint density at radius 3 is 2.07 bits per heavy atom. The summed E-state index contributed by atoms with van der Waals surface area (Å²) in [5.74, 6) is 2.22.